The Balaban J connectivity index is 2.04. The van der Waals surface area contributed by atoms with Crippen molar-refractivity contribution in [3.63, 3.8) is 0 Å². The van der Waals surface area contributed by atoms with E-state index in [1.165, 1.54) is 4.68 Å². The minimum Gasteiger partial charge on any atom is -0.488 e. The van der Waals surface area contributed by atoms with Crippen molar-refractivity contribution in [2.75, 3.05) is 6.61 Å². The molecule has 0 fully saturated rings. The highest BCUT2D eigenvalue weighted by molar-refractivity contribution is 9.10. The van der Waals surface area contributed by atoms with E-state index >= 15 is 0 Å². The Morgan fingerprint density at radius 3 is 2.79 bits per heavy atom. The zero-order valence-electron chi connectivity index (χ0n) is 15.5. The predicted molar refractivity (Wildman–Crippen MR) is 118 cm³/mol. The van der Waals surface area contributed by atoms with Crippen LogP contribution in [0.15, 0.2) is 63.4 Å². The van der Waals surface area contributed by atoms with Crippen LogP contribution >= 0.6 is 27.5 Å². The van der Waals surface area contributed by atoms with Crippen molar-refractivity contribution in [3.05, 3.63) is 80.3 Å². The first-order valence-electron chi connectivity index (χ1n) is 8.70. The van der Waals surface area contributed by atoms with Crippen LogP contribution in [0.25, 0.3) is 10.9 Å². The third-order valence-corrected chi connectivity index (χ3v) is 4.77. The van der Waals surface area contributed by atoms with Gasteiger partial charge in [0.15, 0.2) is 0 Å². The van der Waals surface area contributed by atoms with E-state index in [-0.39, 0.29) is 11.5 Å². The first kappa shape index (κ1) is 20.3. The van der Waals surface area contributed by atoms with Crippen molar-refractivity contribution in [2.24, 2.45) is 5.10 Å². The maximum Gasteiger partial charge on any atom is 0.282 e. The van der Waals surface area contributed by atoms with Crippen LogP contribution in [0.5, 0.6) is 5.75 Å². The SMILES string of the molecule is C=CCOc1ccc(C=Nn2c(C(C)C)nc3ccc(Br)cc3c2=O)cc1Cl. The molecule has 28 heavy (non-hydrogen) atoms. The number of benzene rings is 2. The van der Waals surface area contributed by atoms with Crippen LogP contribution in [-0.2, 0) is 0 Å². The van der Waals surface area contributed by atoms with Crippen LogP contribution in [0, 0.1) is 0 Å². The van der Waals surface area contributed by atoms with Gasteiger partial charge in [-0.05, 0) is 42.0 Å². The molecule has 0 saturated carbocycles. The van der Waals surface area contributed by atoms with Crippen LogP contribution < -0.4 is 10.3 Å². The van der Waals surface area contributed by atoms with E-state index in [9.17, 15) is 4.79 Å². The predicted octanol–water partition coefficient (Wildman–Crippen LogP) is 5.38. The minimum absolute atomic E-state index is 0.0242. The summed E-state index contributed by atoms with van der Waals surface area (Å²) in [5.74, 6) is 1.18. The lowest BCUT2D eigenvalue weighted by Gasteiger charge is -2.12. The molecule has 0 spiro atoms. The molecule has 0 atom stereocenters. The van der Waals surface area contributed by atoms with E-state index in [1.54, 1.807) is 30.5 Å². The van der Waals surface area contributed by atoms with E-state index in [0.717, 1.165) is 10.0 Å². The van der Waals surface area contributed by atoms with Gasteiger partial charge in [-0.25, -0.2) is 4.98 Å². The first-order valence-corrected chi connectivity index (χ1v) is 9.87. The molecule has 0 aliphatic rings. The zero-order valence-corrected chi connectivity index (χ0v) is 17.9. The molecule has 0 bridgehead atoms. The highest BCUT2D eigenvalue weighted by atomic mass is 79.9. The zero-order chi connectivity index (χ0) is 20.3. The average molecular weight is 461 g/mol. The van der Waals surface area contributed by atoms with E-state index in [0.29, 0.717) is 34.1 Å². The smallest absolute Gasteiger partial charge is 0.282 e. The number of aromatic nitrogens is 2. The van der Waals surface area contributed by atoms with Gasteiger partial charge in [-0.3, -0.25) is 4.79 Å². The summed E-state index contributed by atoms with van der Waals surface area (Å²) in [7, 11) is 0. The number of nitrogens with zero attached hydrogens (tertiary/aromatic N) is 3. The Morgan fingerprint density at radius 2 is 2.11 bits per heavy atom. The number of rotatable bonds is 6. The second-order valence-corrected chi connectivity index (χ2v) is 7.76. The maximum absolute atomic E-state index is 13.0. The molecule has 3 rings (SSSR count). The van der Waals surface area contributed by atoms with E-state index < -0.39 is 0 Å². The summed E-state index contributed by atoms with van der Waals surface area (Å²) in [4.78, 5) is 17.6. The van der Waals surface area contributed by atoms with Crippen LogP contribution in [0.2, 0.25) is 5.02 Å². The van der Waals surface area contributed by atoms with Crippen molar-refractivity contribution in [2.45, 2.75) is 19.8 Å². The molecule has 0 radical (unpaired) electrons. The fourth-order valence-electron chi connectivity index (χ4n) is 2.64. The molecule has 2 aromatic carbocycles. The molecule has 0 unspecified atom stereocenters. The Kier molecular flexibility index (Phi) is 6.31. The van der Waals surface area contributed by atoms with Gasteiger partial charge in [-0.2, -0.15) is 9.78 Å². The van der Waals surface area contributed by atoms with Crippen LogP contribution in [0.3, 0.4) is 0 Å². The summed E-state index contributed by atoms with van der Waals surface area (Å²) >= 11 is 9.65. The van der Waals surface area contributed by atoms with Crippen molar-refractivity contribution in [3.8, 4) is 5.75 Å². The molecule has 0 N–H and O–H groups in total. The van der Waals surface area contributed by atoms with E-state index in [4.69, 9.17) is 16.3 Å². The fraction of sp³-hybridized carbons (Fsp3) is 0.190. The highest BCUT2D eigenvalue weighted by Gasteiger charge is 2.13. The summed E-state index contributed by atoms with van der Waals surface area (Å²) in [6.45, 7) is 7.93. The molecule has 0 aliphatic heterocycles. The molecule has 0 aliphatic carbocycles. The monoisotopic (exact) mass is 459 g/mol. The van der Waals surface area contributed by atoms with Gasteiger partial charge in [0, 0.05) is 10.4 Å². The van der Waals surface area contributed by atoms with Crippen molar-refractivity contribution in [1.29, 1.82) is 0 Å². The van der Waals surface area contributed by atoms with Crippen molar-refractivity contribution in [1.82, 2.24) is 9.66 Å². The van der Waals surface area contributed by atoms with Crippen LogP contribution in [-0.4, -0.2) is 22.5 Å². The molecule has 1 heterocycles. The summed E-state index contributed by atoms with van der Waals surface area (Å²) in [5.41, 5.74) is 1.17. The standard InChI is InChI=1S/C21H19BrClN3O2/c1-4-9-28-19-8-5-14(10-17(19)23)12-24-26-20(13(2)3)25-18-7-6-15(22)11-16(18)21(26)27/h4-8,10-13H,1,9H2,2-3H3. The molecule has 0 saturated heterocycles. The first-order chi connectivity index (χ1) is 13.4. The van der Waals surface area contributed by atoms with Gasteiger partial charge in [0.2, 0.25) is 0 Å². The number of halogens is 2. The van der Waals surface area contributed by atoms with E-state index in [1.807, 2.05) is 32.0 Å². The third kappa shape index (κ3) is 4.34. The summed E-state index contributed by atoms with van der Waals surface area (Å²) < 4.78 is 7.62. The number of fused-ring (bicyclic) bond motifs is 1. The maximum atomic E-state index is 13.0. The molecular formula is C21H19BrClN3O2. The summed E-state index contributed by atoms with van der Waals surface area (Å²) in [6, 6.07) is 10.7. The molecular weight excluding hydrogens is 442 g/mol. The molecule has 7 heteroatoms. The average Bonchev–Trinajstić information content (AvgIpc) is 2.66. The van der Waals surface area contributed by atoms with E-state index in [2.05, 4.69) is 32.6 Å². The second kappa shape index (κ2) is 8.71. The van der Waals surface area contributed by atoms with Gasteiger partial charge < -0.3 is 4.74 Å². The Morgan fingerprint density at radius 1 is 1.32 bits per heavy atom. The van der Waals surface area contributed by atoms with Gasteiger partial charge >= 0.3 is 0 Å². The molecule has 5 nitrogen and oxygen atoms in total. The molecule has 3 aromatic rings. The lowest BCUT2D eigenvalue weighted by Crippen LogP contribution is -2.23. The van der Waals surface area contributed by atoms with Crippen molar-refractivity contribution < 1.29 is 4.74 Å². The molecule has 0 amide bonds. The van der Waals surface area contributed by atoms with Gasteiger partial charge in [0.05, 0.1) is 22.1 Å². The van der Waals surface area contributed by atoms with Gasteiger partial charge in [-0.1, -0.05) is 54.0 Å². The molecule has 144 valence electrons. The van der Waals surface area contributed by atoms with Gasteiger partial charge in [0.25, 0.3) is 5.56 Å². The topological polar surface area (TPSA) is 56.5 Å². The van der Waals surface area contributed by atoms with Crippen molar-refractivity contribution >= 4 is 44.6 Å². The Hall–Kier alpha value is -2.44. The highest BCUT2D eigenvalue weighted by Crippen LogP contribution is 2.25. The van der Waals surface area contributed by atoms with Gasteiger partial charge in [0.1, 0.15) is 18.2 Å². The quantitative estimate of drug-likeness (QED) is 0.366. The lowest BCUT2D eigenvalue weighted by atomic mass is 10.2. The Bertz CT molecular complexity index is 1120. The minimum atomic E-state index is -0.219. The largest absolute Gasteiger partial charge is 0.488 e. The summed E-state index contributed by atoms with van der Waals surface area (Å²) in [6.07, 6.45) is 3.23. The lowest BCUT2D eigenvalue weighted by molar-refractivity contribution is 0.363. The van der Waals surface area contributed by atoms with Crippen LogP contribution in [0.4, 0.5) is 0 Å². The normalized spacial score (nSPS) is 11.5. The number of hydrogen-bond donors (Lipinski definition) is 0. The molecule has 1 aromatic heterocycles. The third-order valence-electron chi connectivity index (χ3n) is 3.98. The number of hydrogen-bond acceptors (Lipinski definition) is 4. The Labute approximate surface area is 176 Å². The fourth-order valence-corrected chi connectivity index (χ4v) is 3.24. The van der Waals surface area contributed by atoms with Gasteiger partial charge in [-0.15, -0.1) is 0 Å². The second-order valence-electron chi connectivity index (χ2n) is 6.44. The number of ether oxygens (including phenoxy) is 1. The summed E-state index contributed by atoms with van der Waals surface area (Å²) in [5, 5.41) is 5.36. The van der Waals surface area contributed by atoms with Crippen LogP contribution in [0.1, 0.15) is 31.2 Å².